The second kappa shape index (κ2) is 12.2. The maximum atomic E-state index is 13.6. The molecule has 10 N–H and O–H groups in total. The number of hydrogen-bond donors (Lipinski definition) is 10. The Morgan fingerprint density at radius 1 is 0.721 bits per heavy atom. The Morgan fingerprint density at radius 3 is 1.98 bits per heavy atom. The van der Waals surface area contributed by atoms with Gasteiger partial charge in [0.1, 0.15) is 77.0 Å². The molecule has 3 aromatic rings. The highest BCUT2D eigenvalue weighted by atomic mass is 16.7. The molecule has 2 aliphatic heterocycles. The molecule has 2 aromatic carbocycles. The third-order valence-electron chi connectivity index (χ3n) is 7.22. The number of benzene rings is 2. The van der Waals surface area contributed by atoms with E-state index < -0.39 is 103 Å². The zero-order chi connectivity index (χ0) is 31.2. The summed E-state index contributed by atoms with van der Waals surface area (Å²) in [5.74, 6) is -2.07. The van der Waals surface area contributed by atoms with Crippen LogP contribution >= 0.6 is 0 Å². The number of hydrogen-bond acceptors (Lipinski definition) is 16. The Balaban J connectivity index is 1.45. The van der Waals surface area contributed by atoms with E-state index in [1.807, 2.05) is 0 Å². The summed E-state index contributed by atoms with van der Waals surface area (Å²) in [6, 6.07) is 7.25. The lowest BCUT2D eigenvalue weighted by Gasteiger charge is -2.42. The van der Waals surface area contributed by atoms with Gasteiger partial charge in [-0.15, -0.1) is 0 Å². The highest BCUT2D eigenvalue weighted by molar-refractivity contribution is 5.88. The summed E-state index contributed by atoms with van der Waals surface area (Å²) in [6.45, 7) is -1.37. The van der Waals surface area contributed by atoms with Crippen molar-refractivity contribution in [3.63, 3.8) is 0 Å². The van der Waals surface area contributed by atoms with E-state index in [1.54, 1.807) is 0 Å². The number of fused-ring (bicyclic) bond motifs is 1. The average Bonchev–Trinajstić information content (AvgIpc) is 2.97. The molecule has 0 saturated carbocycles. The topological polar surface area (TPSA) is 269 Å². The van der Waals surface area contributed by atoms with Gasteiger partial charge >= 0.3 is 0 Å². The van der Waals surface area contributed by atoms with Gasteiger partial charge in [0.25, 0.3) is 0 Å². The molecule has 0 unspecified atom stereocenters. The van der Waals surface area contributed by atoms with E-state index in [9.17, 15) is 55.9 Å². The molecule has 0 radical (unpaired) electrons. The minimum atomic E-state index is -1.95. The number of ether oxygens (including phenoxy) is 4. The van der Waals surface area contributed by atoms with Gasteiger partial charge in [-0.25, -0.2) is 0 Å². The summed E-state index contributed by atoms with van der Waals surface area (Å²) in [5, 5.41) is 101. The number of rotatable bonds is 7. The van der Waals surface area contributed by atoms with Gasteiger partial charge in [0.15, 0.2) is 12.1 Å². The Morgan fingerprint density at radius 2 is 1.33 bits per heavy atom. The van der Waals surface area contributed by atoms with Crippen molar-refractivity contribution in [3.05, 3.63) is 46.6 Å². The molecule has 2 aliphatic rings. The van der Waals surface area contributed by atoms with Crippen molar-refractivity contribution in [1.29, 1.82) is 0 Å². The number of aliphatic hydroxyl groups is 7. The lowest BCUT2D eigenvalue weighted by atomic mass is 9.98. The quantitative estimate of drug-likeness (QED) is 0.133. The van der Waals surface area contributed by atoms with Gasteiger partial charge in [0.2, 0.25) is 17.5 Å². The lowest BCUT2D eigenvalue weighted by molar-refractivity contribution is -0.323. The Bertz CT molecular complexity index is 1490. The van der Waals surface area contributed by atoms with Crippen LogP contribution in [0.3, 0.4) is 0 Å². The average molecular weight is 611 g/mol. The minimum absolute atomic E-state index is 0.116. The monoisotopic (exact) mass is 610 g/mol. The Hall–Kier alpha value is -3.55. The number of aromatic hydroxyl groups is 3. The predicted octanol–water partition coefficient (Wildman–Crippen LogP) is -2.42. The molecule has 1 aromatic heterocycles. The fourth-order valence-corrected chi connectivity index (χ4v) is 4.84. The van der Waals surface area contributed by atoms with Crippen molar-refractivity contribution in [2.45, 2.75) is 61.4 Å². The van der Waals surface area contributed by atoms with Crippen LogP contribution in [0.4, 0.5) is 0 Å². The van der Waals surface area contributed by atoms with Crippen molar-refractivity contribution in [1.82, 2.24) is 0 Å². The molecule has 234 valence electrons. The van der Waals surface area contributed by atoms with E-state index in [0.29, 0.717) is 0 Å². The van der Waals surface area contributed by atoms with Gasteiger partial charge in [-0.1, -0.05) is 0 Å². The summed E-state index contributed by atoms with van der Waals surface area (Å²) in [5.41, 5.74) is -1.01. The summed E-state index contributed by atoms with van der Waals surface area (Å²) in [4.78, 5) is 13.6. The minimum Gasteiger partial charge on any atom is -0.508 e. The van der Waals surface area contributed by atoms with E-state index in [1.165, 1.54) is 24.3 Å². The van der Waals surface area contributed by atoms with E-state index in [4.69, 9.17) is 23.4 Å². The van der Waals surface area contributed by atoms with Crippen LogP contribution in [-0.4, -0.2) is 126 Å². The zero-order valence-corrected chi connectivity index (χ0v) is 22.1. The van der Waals surface area contributed by atoms with E-state index >= 15 is 0 Å². The van der Waals surface area contributed by atoms with E-state index in [2.05, 4.69) is 0 Å². The predicted molar refractivity (Wildman–Crippen MR) is 140 cm³/mol. The maximum Gasteiger partial charge on any atom is 0.239 e. The van der Waals surface area contributed by atoms with Crippen molar-refractivity contribution in [2.24, 2.45) is 0 Å². The van der Waals surface area contributed by atoms with Crippen LogP contribution in [0.25, 0.3) is 22.3 Å². The molecule has 0 aliphatic carbocycles. The Labute approximate surface area is 241 Å². The SMILES string of the molecule is O=c1c(O[C@@H]2O[C@H](CO[C@H]3O[C@H](CO)[C@H](O)[C@H](O)[C@H]3O)[C@H](O)[C@@H](O)[C@H]2O)c(-c2ccc(O)cc2)oc2cc(O)cc(O)c12. The zero-order valence-electron chi connectivity index (χ0n) is 22.1. The lowest BCUT2D eigenvalue weighted by Crippen LogP contribution is -2.62. The second-order valence-corrected chi connectivity index (χ2v) is 10.1. The fraction of sp³-hybridized carbons (Fsp3) is 0.444. The van der Waals surface area contributed by atoms with Gasteiger partial charge < -0.3 is 74.4 Å². The van der Waals surface area contributed by atoms with E-state index in [0.717, 1.165) is 12.1 Å². The number of phenolic OH excluding ortho intramolecular Hbond substituents is 3. The fourth-order valence-electron chi connectivity index (χ4n) is 4.84. The van der Waals surface area contributed by atoms with Crippen LogP contribution in [-0.2, 0) is 14.2 Å². The van der Waals surface area contributed by atoms with Gasteiger partial charge in [0.05, 0.1) is 13.2 Å². The summed E-state index contributed by atoms with van der Waals surface area (Å²) < 4.78 is 27.8. The molecule has 10 atom stereocenters. The molecular weight excluding hydrogens is 580 g/mol. The molecule has 16 heteroatoms. The largest absolute Gasteiger partial charge is 0.508 e. The summed E-state index contributed by atoms with van der Waals surface area (Å²) in [7, 11) is 0. The Kier molecular flexibility index (Phi) is 8.77. The number of aliphatic hydroxyl groups excluding tert-OH is 7. The summed E-state index contributed by atoms with van der Waals surface area (Å²) in [6.07, 6.45) is -17.1. The first kappa shape index (κ1) is 30.9. The molecule has 16 nitrogen and oxygen atoms in total. The van der Waals surface area contributed by atoms with Gasteiger partial charge in [-0.05, 0) is 24.3 Å². The normalized spacial score (nSPS) is 33.0. The third kappa shape index (κ3) is 5.85. The first-order valence-corrected chi connectivity index (χ1v) is 13.0. The van der Waals surface area contributed by atoms with Crippen LogP contribution in [0.2, 0.25) is 0 Å². The first-order valence-electron chi connectivity index (χ1n) is 13.0. The number of phenols is 3. The second-order valence-electron chi connectivity index (χ2n) is 10.1. The molecule has 0 amide bonds. The van der Waals surface area contributed by atoms with Gasteiger partial charge in [-0.3, -0.25) is 4.79 Å². The molecule has 5 rings (SSSR count). The van der Waals surface area contributed by atoms with Crippen LogP contribution in [0.5, 0.6) is 23.0 Å². The standard InChI is InChI=1S/C27H30O16/c28-7-14-17(32)20(35)22(37)26(41-14)39-8-15-18(33)21(36)23(38)27(42-15)43-25-19(34)16-12(31)5-11(30)6-13(16)40-24(25)9-1-3-10(29)4-2-9/h1-6,14-15,17-18,20-23,26-33,35-38H,7-8H2/t14-,15-,17+,18+,20+,21-,22-,23-,26+,27+/m1/s1. The molecule has 43 heavy (non-hydrogen) atoms. The third-order valence-corrected chi connectivity index (χ3v) is 7.22. The highest BCUT2D eigenvalue weighted by Gasteiger charge is 2.48. The van der Waals surface area contributed by atoms with Crippen LogP contribution in [0, 0.1) is 0 Å². The first-order chi connectivity index (χ1) is 20.4. The van der Waals surface area contributed by atoms with Crippen molar-refractivity contribution in [3.8, 4) is 34.3 Å². The van der Waals surface area contributed by atoms with E-state index in [-0.39, 0.29) is 22.7 Å². The smallest absolute Gasteiger partial charge is 0.239 e. The maximum absolute atomic E-state index is 13.6. The van der Waals surface area contributed by atoms with Crippen LogP contribution in [0.1, 0.15) is 0 Å². The molecule has 2 fully saturated rings. The molecule has 0 bridgehead atoms. The van der Waals surface area contributed by atoms with Crippen molar-refractivity contribution >= 4 is 11.0 Å². The highest BCUT2D eigenvalue weighted by Crippen LogP contribution is 2.37. The van der Waals surface area contributed by atoms with Gasteiger partial charge in [-0.2, -0.15) is 0 Å². The van der Waals surface area contributed by atoms with Crippen molar-refractivity contribution in [2.75, 3.05) is 13.2 Å². The van der Waals surface area contributed by atoms with Gasteiger partial charge in [0, 0.05) is 17.7 Å². The van der Waals surface area contributed by atoms with Crippen LogP contribution < -0.4 is 10.2 Å². The van der Waals surface area contributed by atoms with Crippen LogP contribution in [0.15, 0.2) is 45.6 Å². The molecule has 0 spiro atoms. The molecular formula is C27H30O16. The molecule has 3 heterocycles. The summed E-state index contributed by atoms with van der Waals surface area (Å²) >= 11 is 0. The van der Waals surface area contributed by atoms with Crippen molar-refractivity contribution < 1.29 is 74.4 Å². The molecule has 2 saturated heterocycles.